The summed E-state index contributed by atoms with van der Waals surface area (Å²) in [6, 6.07) is 8.12. The molecule has 1 aliphatic carbocycles. The van der Waals surface area contributed by atoms with Gasteiger partial charge in [-0.2, -0.15) is 0 Å². The van der Waals surface area contributed by atoms with Gasteiger partial charge in [-0.1, -0.05) is 44.4 Å². The fourth-order valence-corrected chi connectivity index (χ4v) is 2.80. The molecule has 1 aliphatic rings. The third-order valence-corrected chi connectivity index (χ3v) is 4.06. The molecule has 1 aromatic rings. The van der Waals surface area contributed by atoms with Crippen LogP contribution in [0.15, 0.2) is 36.2 Å². The highest BCUT2D eigenvalue weighted by Crippen LogP contribution is 2.24. The number of para-hydroxylation sites is 1. The van der Waals surface area contributed by atoms with Crippen molar-refractivity contribution in [3.8, 4) is 0 Å². The van der Waals surface area contributed by atoms with Gasteiger partial charge in [0.2, 0.25) is 5.91 Å². The predicted molar refractivity (Wildman–Crippen MR) is 87.9 cm³/mol. The minimum atomic E-state index is 0.162. The Labute approximate surface area is 127 Å². The molecule has 1 aromatic carbocycles. The second-order valence-corrected chi connectivity index (χ2v) is 5.79. The Bertz CT molecular complexity index is 502. The molecule has 2 rings (SSSR count). The number of hydrogen-bond donors (Lipinski definition) is 2. The molecular formula is C18H26N2O. The Morgan fingerprint density at radius 2 is 1.95 bits per heavy atom. The molecule has 0 aromatic heterocycles. The number of carbonyl (C=O) groups is 1. The molecule has 2 N–H and O–H groups in total. The summed E-state index contributed by atoms with van der Waals surface area (Å²) >= 11 is 0. The first-order valence-electron chi connectivity index (χ1n) is 8.04. The molecule has 0 spiro atoms. The first kappa shape index (κ1) is 15.6. The number of rotatable bonds is 5. The average molecular weight is 286 g/mol. The van der Waals surface area contributed by atoms with E-state index in [9.17, 15) is 4.79 Å². The molecule has 0 heterocycles. The molecule has 0 saturated heterocycles. The maximum atomic E-state index is 12.4. The molecule has 0 radical (unpaired) electrons. The van der Waals surface area contributed by atoms with Crippen molar-refractivity contribution in [3.05, 3.63) is 41.7 Å². The Balaban J connectivity index is 2.00. The molecule has 0 aliphatic heterocycles. The largest absolute Gasteiger partial charge is 0.342 e. The Morgan fingerprint density at radius 1 is 1.24 bits per heavy atom. The van der Waals surface area contributed by atoms with Crippen LogP contribution in [0.2, 0.25) is 0 Å². The van der Waals surface area contributed by atoms with Gasteiger partial charge in [-0.05, 0) is 43.9 Å². The van der Waals surface area contributed by atoms with E-state index in [-0.39, 0.29) is 11.8 Å². The number of nitrogens with one attached hydrogen (secondary N) is 2. The number of aryl methyl sites for hydroxylation is 1. The van der Waals surface area contributed by atoms with Crippen LogP contribution in [-0.2, 0) is 4.79 Å². The topological polar surface area (TPSA) is 41.1 Å². The molecule has 0 unspecified atom stereocenters. The second-order valence-electron chi connectivity index (χ2n) is 5.79. The monoisotopic (exact) mass is 286 g/mol. The van der Waals surface area contributed by atoms with Gasteiger partial charge in [0.1, 0.15) is 5.82 Å². The number of amides is 1. The van der Waals surface area contributed by atoms with Gasteiger partial charge < -0.3 is 10.6 Å². The van der Waals surface area contributed by atoms with Gasteiger partial charge >= 0.3 is 0 Å². The summed E-state index contributed by atoms with van der Waals surface area (Å²) in [6.45, 7) is 4.14. The molecule has 0 bridgehead atoms. The quantitative estimate of drug-likeness (QED) is 0.844. The fraction of sp³-hybridized carbons (Fsp3) is 0.500. The first-order valence-corrected chi connectivity index (χ1v) is 8.04. The fourth-order valence-electron chi connectivity index (χ4n) is 2.80. The Morgan fingerprint density at radius 3 is 2.62 bits per heavy atom. The van der Waals surface area contributed by atoms with Gasteiger partial charge in [-0.25, -0.2) is 0 Å². The highest BCUT2D eigenvalue weighted by atomic mass is 16.2. The minimum Gasteiger partial charge on any atom is -0.342 e. The molecule has 1 fully saturated rings. The molecule has 1 saturated carbocycles. The summed E-state index contributed by atoms with van der Waals surface area (Å²) < 4.78 is 0. The van der Waals surface area contributed by atoms with Crippen molar-refractivity contribution in [2.45, 2.75) is 52.4 Å². The van der Waals surface area contributed by atoms with Gasteiger partial charge in [0, 0.05) is 11.6 Å². The van der Waals surface area contributed by atoms with E-state index in [0.717, 1.165) is 30.8 Å². The van der Waals surface area contributed by atoms with Crippen LogP contribution in [0.1, 0.15) is 51.0 Å². The van der Waals surface area contributed by atoms with E-state index in [2.05, 4.69) is 30.5 Å². The molecule has 3 heteroatoms. The number of benzene rings is 1. The molecule has 21 heavy (non-hydrogen) atoms. The zero-order valence-electron chi connectivity index (χ0n) is 13.1. The lowest BCUT2D eigenvalue weighted by molar-refractivity contribution is -0.125. The molecular weight excluding hydrogens is 260 g/mol. The van der Waals surface area contributed by atoms with Crippen LogP contribution in [0.25, 0.3) is 0 Å². The van der Waals surface area contributed by atoms with E-state index in [4.69, 9.17) is 0 Å². The van der Waals surface area contributed by atoms with Crippen LogP contribution in [0.3, 0.4) is 0 Å². The summed E-state index contributed by atoms with van der Waals surface area (Å²) in [5.41, 5.74) is 2.22. The zero-order chi connectivity index (χ0) is 15.1. The van der Waals surface area contributed by atoms with Crippen LogP contribution in [0.4, 0.5) is 5.69 Å². The van der Waals surface area contributed by atoms with Crippen molar-refractivity contribution in [1.82, 2.24) is 5.32 Å². The zero-order valence-corrected chi connectivity index (χ0v) is 13.1. The summed E-state index contributed by atoms with van der Waals surface area (Å²) in [6.07, 6.45) is 8.59. The third-order valence-electron chi connectivity index (χ3n) is 4.06. The Hall–Kier alpha value is -1.77. The summed E-state index contributed by atoms with van der Waals surface area (Å²) in [7, 11) is 0. The van der Waals surface area contributed by atoms with E-state index in [0.29, 0.717) is 0 Å². The average Bonchev–Trinajstić information content (AvgIpc) is 2.50. The van der Waals surface area contributed by atoms with Gasteiger partial charge in [0.15, 0.2) is 0 Å². The maximum Gasteiger partial charge on any atom is 0.228 e. The van der Waals surface area contributed by atoms with Crippen molar-refractivity contribution in [2.24, 2.45) is 5.92 Å². The van der Waals surface area contributed by atoms with Crippen molar-refractivity contribution < 1.29 is 4.79 Å². The van der Waals surface area contributed by atoms with E-state index >= 15 is 0 Å². The van der Waals surface area contributed by atoms with E-state index in [1.54, 1.807) is 0 Å². The van der Waals surface area contributed by atoms with Gasteiger partial charge in [-0.15, -0.1) is 0 Å². The summed E-state index contributed by atoms with van der Waals surface area (Å²) in [5.74, 6) is 1.15. The standard InChI is InChI=1S/C18H26N2O/c1-3-9-17(19-16-13-8-7-10-14(16)2)20-18(21)15-11-5-4-6-12-15/h7-10,13,15,19H,3-6,11-12H2,1-2H3,(H,20,21)/b17-9-. The van der Waals surface area contributed by atoms with Crippen LogP contribution in [0, 0.1) is 12.8 Å². The van der Waals surface area contributed by atoms with Gasteiger partial charge in [-0.3, -0.25) is 4.79 Å². The van der Waals surface area contributed by atoms with Gasteiger partial charge in [0.25, 0.3) is 0 Å². The van der Waals surface area contributed by atoms with Crippen LogP contribution < -0.4 is 10.6 Å². The molecule has 0 atom stereocenters. The first-order chi connectivity index (χ1) is 10.2. The van der Waals surface area contributed by atoms with E-state index in [1.807, 2.05) is 24.3 Å². The molecule has 1 amide bonds. The number of hydrogen-bond acceptors (Lipinski definition) is 2. The smallest absolute Gasteiger partial charge is 0.228 e. The predicted octanol–water partition coefficient (Wildman–Crippen LogP) is 4.35. The highest BCUT2D eigenvalue weighted by molar-refractivity contribution is 5.81. The summed E-state index contributed by atoms with van der Waals surface area (Å²) in [5, 5.41) is 6.42. The van der Waals surface area contributed by atoms with E-state index < -0.39 is 0 Å². The lowest BCUT2D eigenvalue weighted by Crippen LogP contribution is -2.33. The SMILES string of the molecule is CC/C=C(\NC(=O)C1CCCCC1)Nc1ccccc1C. The molecule has 3 nitrogen and oxygen atoms in total. The molecule has 114 valence electrons. The van der Waals surface area contributed by atoms with Gasteiger partial charge in [0.05, 0.1) is 0 Å². The number of allylic oxidation sites excluding steroid dienone is 1. The number of anilines is 1. The summed E-state index contributed by atoms with van der Waals surface area (Å²) in [4.78, 5) is 12.4. The van der Waals surface area contributed by atoms with Crippen molar-refractivity contribution in [1.29, 1.82) is 0 Å². The maximum absolute atomic E-state index is 12.4. The lowest BCUT2D eigenvalue weighted by Gasteiger charge is -2.22. The van der Waals surface area contributed by atoms with Crippen molar-refractivity contribution in [2.75, 3.05) is 5.32 Å². The minimum absolute atomic E-state index is 0.162. The second kappa shape index (κ2) is 7.87. The van der Waals surface area contributed by atoms with E-state index in [1.165, 1.54) is 24.8 Å². The van der Waals surface area contributed by atoms with Crippen LogP contribution in [-0.4, -0.2) is 5.91 Å². The third kappa shape index (κ3) is 4.62. The Kier molecular flexibility index (Phi) is 5.85. The highest BCUT2D eigenvalue weighted by Gasteiger charge is 2.21. The van der Waals surface area contributed by atoms with Crippen molar-refractivity contribution in [3.63, 3.8) is 0 Å². The van der Waals surface area contributed by atoms with Crippen molar-refractivity contribution >= 4 is 11.6 Å². The van der Waals surface area contributed by atoms with Crippen LogP contribution in [0.5, 0.6) is 0 Å². The normalized spacial score (nSPS) is 16.6. The van der Waals surface area contributed by atoms with Crippen LogP contribution >= 0.6 is 0 Å². The lowest BCUT2D eigenvalue weighted by atomic mass is 9.89. The number of carbonyl (C=O) groups excluding carboxylic acids is 1.